The normalized spacial score (nSPS) is 17.0. The lowest BCUT2D eigenvalue weighted by Gasteiger charge is -2.29. The molecule has 1 saturated heterocycles. The van der Waals surface area contributed by atoms with Crippen molar-refractivity contribution < 1.29 is 23.9 Å². The number of carbonyl (C=O) groups excluding carboxylic acids is 2. The van der Waals surface area contributed by atoms with E-state index >= 15 is 0 Å². The van der Waals surface area contributed by atoms with Crippen LogP contribution in [-0.4, -0.2) is 31.1 Å². The first-order valence-electron chi connectivity index (χ1n) is 6.52. The third kappa shape index (κ3) is 3.63. The Hall–Kier alpha value is -2.83. The second-order valence-corrected chi connectivity index (χ2v) is 4.89. The van der Waals surface area contributed by atoms with Crippen molar-refractivity contribution in [2.45, 2.75) is 19.6 Å². The molecule has 2 rings (SSSR count). The molecule has 1 N–H and O–H groups in total. The highest BCUT2D eigenvalue weighted by atomic mass is 16.7. The van der Waals surface area contributed by atoms with E-state index in [9.17, 15) is 9.59 Å². The average molecular weight is 304 g/mol. The van der Waals surface area contributed by atoms with E-state index in [1.54, 1.807) is 18.2 Å². The number of nitrogens with one attached hydrogen (secondary N) is 1. The zero-order valence-corrected chi connectivity index (χ0v) is 12.5. The van der Waals surface area contributed by atoms with E-state index in [1.807, 2.05) is 6.07 Å². The number of rotatable bonds is 4. The Morgan fingerprint density at radius 1 is 1.18 bits per heavy atom. The molecule has 0 spiro atoms. The summed E-state index contributed by atoms with van der Waals surface area (Å²) >= 11 is 0. The number of cyclic esters (lactones) is 2. The number of carbonyl (C=O) groups is 2. The highest BCUT2D eigenvalue weighted by molar-refractivity contribution is 6.15. The molecule has 1 aromatic carbocycles. The summed E-state index contributed by atoms with van der Waals surface area (Å²) in [4.78, 5) is 28.3. The first kappa shape index (κ1) is 15.6. The van der Waals surface area contributed by atoms with E-state index in [0.29, 0.717) is 5.69 Å². The Morgan fingerprint density at radius 3 is 2.45 bits per heavy atom. The van der Waals surface area contributed by atoms with Crippen LogP contribution in [0, 0.1) is 0 Å². The first-order valence-corrected chi connectivity index (χ1v) is 6.52. The lowest BCUT2D eigenvalue weighted by Crippen LogP contribution is -2.42. The Morgan fingerprint density at radius 2 is 1.82 bits per heavy atom. The van der Waals surface area contributed by atoms with Crippen LogP contribution in [0.3, 0.4) is 0 Å². The molecule has 1 heterocycles. The van der Waals surface area contributed by atoms with Crippen LogP contribution in [0.1, 0.15) is 19.4 Å². The third-order valence-corrected chi connectivity index (χ3v) is 2.75. The van der Waals surface area contributed by atoms with Gasteiger partial charge in [-0.05, 0) is 6.07 Å². The van der Waals surface area contributed by atoms with Crippen molar-refractivity contribution in [2.75, 3.05) is 12.4 Å². The maximum atomic E-state index is 11.8. The van der Waals surface area contributed by atoms with E-state index in [1.165, 1.54) is 33.4 Å². The van der Waals surface area contributed by atoms with E-state index in [-0.39, 0.29) is 5.57 Å². The summed E-state index contributed by atoms with van der Waals surface area (Å²) in [5, 5.41) is 6.55. The van der Waals surface area contributed by atoms with Crippen molar-refractivity contribution in [3.8, 4) is 0 Å². The minimum Gasteiger partial charge on any atom is -0.419 e. The monoisotopic (exact) mass is 304 g/mol. The topological polar surface area (TPSA) is 86.2 Å². The fourth-order valence-electron chi connectivity index (χ4n) is 1.78. The molecule has 1 aliphatic heterocycles. The van der Waals surface area contributed by atoms with E-state index in [0.717, 1.165) is 5.56 Å². The molecule has 0 radical (unpaired) electrons. The molecule has 0 atom stereocenters. The molecular formula is C15H16N2O5. The number of oxime groups is 1. The summed E-state index contributed by atoms with van der Waals surface area (Å²) < 4.78 is 10.0. The van der Waals surface area contributed by atoms with Gasteiger partial charge in [0.15, 0.2) is 5.57 Å². The van der Waals surface area contributed by atoms with Crippen molar-refractivity contribution in [1.29, 1.82) is 0 Å². The minimum absolute atomic E-state index is 0.210. The molecule has 1 aromatic rings. The summed E-state index contributed by atoms with van der Waals surface area (Å²) in [6.45, 7) is 2.98. The molecule has 1 aliphatic rings. The number of anilines is 1. The number of benzene rings is 1. The Labute approximate surface area is 127 Å². The van der Waals surface area contributed by atoms with Crippen molar-refractivity contribution in [3.63, 3.8) is 0 Å². The molecule has 116 valence electrons. The standard InChI is InChI=1S/C15H16N2O5/c1-15(2)21-13(18)11(14(19)22-15)9-16-12-7-5-4-6-10(12)8-17-20-3/h4-9,16H,1-3H3. The molecule has 0 bridgehead atoms. The van der Waals surface area contributed by atoms with Crippen molar-refractivity contribution in [3.05, 3.63) is 41.6 Å². The van der Waals surface area contributed by atoms with Gasteiger partial charge in [0.05, 0.1) is 6.21 Å². The van der Waals surface area contributed by atoms with Crippen molar-refractivity contribution in [2.24, 2.45) is 5.16 Å². The summed E-state index contributed by atoms with van der Waals surface area (Å²) in [6.07, 6.45) is 2.75. The molecule has 0 amide bonds. The van der Waals surface area contributed by atoms with Gasteiger partial charge in [0.2, 0.25) is 0 Å². The summed E-state index contributed by atoms with van der Waals surface area (Å²) in [5.74, 6) is -2.73. The molecule has 0 saturated carbocycles. The van der Waals surface area contributed by atoms with Gasteiger partial charge < -0.3 is 19.6 Å². The fraction of sp³-hybridized carbons (Fsp3) is 0.267. The van der Waals surface area contributed by atoms with Crippen LogP contribution in [0.25, 0.3) is 0 Å². The van der Waals surface area contributed by atoms with Gasteiger partial charge in [-0.25, -0.2) is 9.59 Å². The molecule has 7 nitrogen and oxygen atoms in total. The Kier molecular flexibility index (Phi) is 4.45. The van der Waals surface area contributed by atoms with Gasteiger partial charge in [0.1, 0.15) is 7.11 Å². The predicted molar refractivity (Wildman–Crippen MR) is 79.0 cm³/mol. The Balaban J connectivity index is 2.20. The van der Waals surface area contributed by atoms with Gasteiger partial charge in [-0.2, -0.15) is 0 Å². The van der Waals surface area contributed by atoms with Gasteiger partial charge in [0, 0.05) is 31.3 Å². The SMILES string of the molecule is CON=Cc1ccccc1NC=C1C(=O)OC(C)(C)OC1=O. The molecule has 0 unspecified atom stereocenters. The van der Waals surface area contributed by atoms with Gasteiger partial charge >= 0.3 is 11.9 Å². The van der Waals surface area contributed by atoms with Crippen LogP contribution in [0.2, 0.25) is 0 Å². The summed E-state index contributed by atoms with van der Waals surface area (Å²) in [5.41, 5.74) is 1.15. The van der Waals surface area contributed by atoms with Crippen LogP contribution in [0.4, 0.5) is 5.69 Å². The lowest BCUT2D eigenvalue weighted by atomic mass is 10.2. The van der Waals surface area contributed by atoms with Crippen molar-refractivity contribution in [1.82, 2.24) is 0 Å². The maximum absolute atomic E-state index is 11.8. The predicted octanol–water partition coefficient (Wildman–Crippen LogP) is 1.80. The van der Waals surface area contributed by atoms with Crippen LogP contribution in [0.5, 0.6) is 0 Å². The second kappa shape index (κ2) is 6.30. The van der Waals surface area contributed by atoms with Gasteiger partial charge in [-0.3, -0.25) is 0 Å². The zero-order valence-electron chi connectivity index (χ0n) is 12.5. The number of hydrogen-bond donors (Lipinski definition) is 1. The third-order valence-electron chi connectivity index (χ3n) is 2.75. The van der Waals surface area contributed by atoms with Gasteiger partial charge in [0.25, 0.3) is 5.79 Å². The zero-order chi connectivity index (χ0) is 16.2. The summed E-state index contributed by atoms with van der Waals surface area (Å²) in [6, 6.07) is 7.17. The minimum atomic E-state index is -1.26. The fourth-order valence-corrected chi connectivity index (χ4v) is 1.78. The van der Waals surface area contributed by atoms with Crippen LogP contribution < -0.4 is 5.32 Å². The number of ether oxygens (including phenoxy) is 2. The average Bonchev–Trinajstić information content (AvgIpc) is 2.44. The van der Waals surface area contributed by atoms with E-state index in [4.69, 9.17) is 9.47 Å². The maximum Gasteiger partial charge on any atom is 0.350 e. The number of hydrogen-bond acceptors (Lipinski definition) is 7. The van der Waals surface area contributed by atoms with E-state index < -0.39 is 17.7 Å². The second-order valence-electron chi connectivity index (χ2n) is 4.89. The smallest absolute Gasteiger partial charge is 0.350 e. The number of nitrogens with zero attached hydrogens (tertiary/aromatic N) is 1. The largest absolute Gasteiger partial charge is 0.419 e. The quantitative estimate of drug-likeness (QED) is 0.300. The number of esters is 2. The van der Waals surface area contributed by atoms with E-state index in [2.05, 4.69) is 15.3 Å². The van der Waals surface area contributed by atoms with Crippen LogP contribution in [0.15, 0.2) is 41.2 Å². The number of para-hydroxylation sites is 1. The first-order chi connectivity index (χ1) is 10.4. The van der Waals surface area contributed by atoms with Crippen molar-refractivity contribution >= 4 is 23.8 Å². The molecule has 1 fully saturated rings. The molecule has 0 aliphatic carbocycles. The molecule has 22 heavy (non-hydrogen) atoms. The highest BCUT2D eigenvalue weighted by Crippen LogP contribution is 2.23. The highest BCUT2D eigenvalue weighted by Gasteiger charge is 2.38. The molecule has 7 heteroatoms. The molecule has 0 aromatic heterocycles. The summed E-state index contributed by atoms with van der Waals surface area (Å²) in [7, 11) is 1.43. The van der Waals surface area contributed by atoms with Crippen LogP contribution in [-0.2, 0) is 23.9 Å². The molecular weight excluding hydrogens is 288 g/mol. The lowest BCUT2D eigenvalue weighted by molar-refractivity contribution is -0.222. The van der Waals surface area contributed by atoms with Crippen LogP contribution >= 0.6 is 0 Å². The Bertz CT molecular complexity index is 627. The van der Waals surface area contributed by atoms with Gasteiger partial charge in [-0.15, -0.1) is 0 Å². The van der Waals surface area contributed by atoms with Gasteiger partial charge in [-0.1, -0.05) is 23.4 Å².